The molecule has 4 rings (SSSR count). The Morgan fingerprint density at radius 2 is 1.81 bits per heavy atom. The SMILES string of the molecule is Cc1nc2ccc(N3CCN(C4CCN(C(C)C)C4=O)CC3)nn2c1C. The zero-order valence-corrected chi connectivity index (χ0v) is 16.1. The van der Waals surface area contributed by atoms with Gasteiger partial charge in [0.25, 0.3) is 0 Å². The third-order valence-electron chi connectivity index (χ3n) is 5.84. The third-order valence-corrected chi connectivity index (χ3v) is 5.84. The molecule has 0 spiro atoms. The van der Waals surface area contributed by atoms with Gasteiger partial charge in [-0.05, 0) is 46.2 Å². The summed E-state index contributed by atoms with van der Waals surface area (Å²) in [5.41, 5.74) is 3.01. The molecule has 2 aliphatic heterocycles. The quantitative estimate of drug-likeness (QED) is 0.834. The number of hydrogen-bond donors (Lipinski definition) is 0. The van der Waals surface area contributed by atoms with Crippen LogP contribution in [0.3, 0.4) is 0 Å². The fraction of sp³-hybridized carbons (Fsp3) is 0.632. The average Bonchev–Trinajstić information content (AvgIpc) is 3.15. The predicted octanol–water partition coefficient (Wildman–Crippen LogP) is 1.48. The van der Waals surface area contributed by atoms with Gasteiger partial charge in [-0.1, -0.05) is 0 Å². The van der Waals surface area contributed by atoms with Crippen LogP contribution in [-0.4, -0.2) is 75.1 Å². The molecule has 26 heavy (non-hydrogen) atoms. The van der Waals surface area contributed by atoms with E-state index >= 15 is 0 Å². The Labute approximate surface area is 154 Å². The van der Waals surface area contributed by atoms with E-state index in [-0.39, 0.29) is 6.04 Å². The van der Waals surface area contributed by atoms with Crippen LogP contribution >= 0.6 is 0 Å². The molecule has 140 valence electrons. The molecule has 0 aliphatic carbocycles. The number of piperazine rings is 1. The van der Waals surface area contributed by atoms with Crippen LogP contribution in [0.5, 0.6) is 0 Å². The Morgan fingerprint density at radius 1 is 1.08 bits per heavy atom. The molecule has 4 heterocycles. The lowest BCUT2D eigenvalue weighted by Crippen LogP contribution is -2.53. The Hall–Kier alpha value is -2.15. The topological polar surface area (TPSA) is 57.0 Å². The van der Waals surface area contributed by atoms with Crippen molar-refractivity contribution in [1.29, 1.82) is 0 Å². The average molecular weight is 356 g/mol. The van der Waals surface area contributed by atoms with Gasteiger partial charge in [0.05, 0.1) is 17.4 Å². The van der Waals surface area contributed by atoms with E-state index in [0.717, 1.165) is 62.0 Å². The second kappa shape index (κ2) is 6.54. The number of rotatable bonds is 3. The van der Waals surface area contributed by atoms with Gasteiger partial charge in [-0.25, -0.2) is 9.50 Å². The number of anilines is 1. The second-order valence-electron chi connectivity index (χ2n) is 7.70. The molecule has 0 bridgehead atoms. The molecule has 2 saturated heterocycles. The van der Waals surface area contributed by atoms with E-state index in [0.29, 0.717) is 11.9 Å². The molecule has 0 radical (unpaired) electrons. The molecule has 2 aromatic rings. The number of hydrogen-bond acceptors (Lipinski definition) is 5. The van der Waals surface area contributed by atoms with Gasteiger partial charge in [0, 0.05) is 38.8 Å². The first-order valence-electron chi connectivity index (χ1n) is 9.58. The molecule has 0 aromatic carbocycles. The summed E-state index contributed by atoms with van der Waals surface area (Å²) in [6.45, 7) is 12.8. The first kappa shape index (κ1) is 17.3. The van der Waals surface area contributed by atoms with E-state index in [4.69, 9.17) is 5.10 Å². The largest absolute Gasteiger partial charge is 0.353 e. The van der Waals surface area contributed by atoms with Crippen LogP contribution in [0.2, 0.25) is 0 Å². The van der Waals surface area contributed by atoms with Gasteiger partial charge in [-0.3, -0.25) is 9.69 Å². The van der Waals surface area contributed by atoms with Crippen molar-refractivity contribution >= 4 is 17.4 Å². The molecule has 1 atom stereocenters. The van der Waals surface area contributed by atoms with E-state index in [1.807, 2.05) is 22.4 Å². The van der Waals surface area contributed by atoms with E-state index in [2.05, 4.69) is 41.6 Å². The van der Waals surface area contributed by atoms with Crippen LogP contribution in [0.25, 0.3) is 5.65 Å². The van der Waals surface area contributed by atoms with Crippen molar-refractivity contribution in [3.63, 3.8) is 0 Å². The lowest BCUT2D eigenvalue weighted by Gasteiger charge is -2.37. The lowest BCUT2D eigenvalue weighted by molar-refractivity contribution is -0.133. The molecule has 7 heteroatoms. The van der Waals surface area contributed by atoms with Crippen LogP contribution in [0.4, 0.5) is 5.82 Å². The van der Waals surface area contributed by atoms with Gasteiger partial charge in [0.1, 0.15) is 5.82 Å². The summed E-state index contributed by atoms with van der Waals surface area (Å²) in [7, 11) is 0. The number of imidazole rings is 1. The smallest absolute Gasteiger partial charge is 0.240 e. The maximum Gasteiger partial charge on any atom is 0.240 e. The Kier molecular flexibility index (Phi) is 4.34. The number of likely N-dealkylation sites (tertiary alicyclic amines) is 1. The summed E-state index contributed by atoms with van der Waals surface area (Å²) < 4.78 is 1.93. The summed E-state index contributed by atoms with van der Waals surface area (Å²) in [6.07, 6.45) is 0.953. The number of amides is 1. The highest BCUT2D eigenvalue weighted by Crippen LogP contribution is 2.23. The zero-order chi connectivity index (χ0) is 18.4. The number of aromatic nitrogens is 3. The van der Waals surface area contributed by atoms with Gasteiger partial charge in [-0.2, -0.15) is 0 Å². The maximum atomic E-state index is 12.6. The zero-order valence-electron chi connectivity index (χ0n) is 16.1. The maximum absolute atomic E-state index is 12.6. The van der Waals surface area contributed by atoms with Crippen molar-refractivity contribution < 1.29 is 4.79 Å². The molecule has 1 unspecified atom stereocenters. The van der Waals surface area contributed by atoms with Crippen molar-refractivity contribution in [3.05, 3.63) is 23.5 Å². The lowest BCUT2D eigenvalue weighted by atomic mass is 10.2. The molecule has 2 aliphatic rings. The highest BCUT2D eigenvalue weighted by atomic mass is 16.2. The number of aryl methyl sites for hydroxylation is 2. The van der Waals surface area contributed by atoms with Crippen LogP contribution < -0.4 is 4.90 Å². The molecular weight excluding hydrogens is 328 g/mol. The molecule has 0 saturated carbocycles. The van der Waals surface area contributed by atoms with E-state index in [9.17, 15) is 4.79 Å². The first-order valence-corrected chi connectivity index (χ1v) is 9.58. The summed E-state index contributed by atoms with van der Waals surface area (Å²) in [5, 5.41) is 4.78. The van der Waals surface area contributed by atoms with E-state index < -0.39 is 0 Å². The standard InChI is InChI=1S/C19H28N6O/c1-13(2)24-8-7-16(19(24)26)22-9-11-23(12-10-22)18-6-5-17-20-14(3)15(4)25(17)21-18/h5-6,13,16H,7-12H2,1-4H3. The van der Waals surface area contributed by atoms with Crippen LogP contribution in [0.15, 0.2) is 12.1 Å². The third kappa shape index (κ3) is 2.84. The number of carbonyl (C=O) groups excluding carboxylic acids is 1. The molecular formula is C19H28N6O. The number of fused-ring (bicyclic) bond motifs is 1. The molecule has 1 amide bonds. The van der Waals surface area contributed by atoms with Crippen molar-refractivity contribution in [2.75, 3.05) is 37.6 Å². The van der Waals surface area contributed by atoms with E-state index in [1.54, 1.807) is 0 Å². The summed E-state index contributed by atoms with van der Waals surface area (Å²) in [6, 6.07) is 4.45. The minimum absolute atomic E-state index is 0.0635. The summed E-state index contributed by atoms with van der Waals surface area (Å²) in [5.74, 6) is 1.29. The highest BCUT2D eigenvalue weighted by molar-refractivity contribution is 5.84. The van der Waals surface area contributed by atoms with Gasteiger partial charge in [0.15, 0.2) is 5.65 Å². The Balaban J connectivity index is 1.44. The van der Waals surface area contributed by atoms with Crippen LogP contribution in [0.1, 0.15) is 31.7 Å². The molecule has 0 N–H and O–H groups in total. The highest BCUT2D eigenvalue weighted by Gasteiger charge is 2.38. The minimum Gasteiger partial charge on any atom is -0.353 e. The van der Waals surface area contributed by atoms with Gasteiger partial charge >= 0.3 is 0 Å². The Bertz CT molecular complexity index is 821. The molecule has 7 nitrogen and oxygen atoms in total. The summed E-state index contributed by atoms with van der Waals surface area (Å²) in [4.78, 5) is 23.8. The molecule has 2 aromatic heterocycles. The van der Waals surface area contributed by atoms with Crippen molar-refractivity contribution in [2.45, 2.75) is 46.2 Å². The fourth-order valence-corrected chi connectivity index (χ4v) is 4.11. The van der Waals surface area contributed by atoms with E-state index in [1.165, 1.54) is 0 Å². The van der Waals surface area contributed by atoms with Crippen molar-refractivity contribution in [3.8, 4) is 0 Å². The second-order valence-corrected chi connectivity index (χ2v) is 7.70. The minimum atomic E-state index is 0.0635. The predicted molar refractivity (Wildman–Crippen MR) is 102 cm³/mol. The van der Waals surface area contributed by atoms with Crippen LogP contribution in [-0.2, 0) is 4.79 Å². The van der Waals surface area contributed by atoms with Gasteiger partial charge < -0.3 is 9.80 Å². The van der Waals surface area contributed by atoms with Crippen LogP contribution in [0, 0.1) is 13.8 Å². The number of carbonyl (C=O) groups is 1. The number of nitrogens with zero attached hydrogens (tertiary/aromatic N) is 6. The fourth-order valence-electron chi connectivity index (χ4n) is 4.11. The molecule has 2 fully saturated rings. The van der Waals surface area contributed by atoms with Crippen molar-refractivity contribution in [2.24, 2.45) is 0 Å². The normalized spacial score (nSPS) is 22.2. The monoisotopic (exact) mass is 356 g/mol. The Morgan fingerprint density at radius 3 is 2.46 bits per heavy atom. The first-order chi connectivity index (χ1) is 12.5. The van der Waals surface area contributed by atoms with Crippen molar-refractivity contribution in [1.82, 2.24) is 24.4 Å². The van der Waals surface area contributed by atoms with Gasteiger partial charge in [-0.15, -0.1) is 5.10 Å². The summed E-state index contributed by atoms with van der Waals surface area (Å²) >= 11 is 0. The van der Waals surface area contributed by atoms with Gasteiger partial charge in [0.2, 0.25) is 5.91 Å².